The molecular weight excluding hydrogens is 362 g/mol. The molecule has 0 radical (unpaired) electrons. The number of rotatable bonds is 5. The Morgan fingerprint density at radius 3 is 2.52 bits per heavy atom. The Balaban J connectivity index is 2.19. The zero-order chi connectivity index (χ0) is 16.8. The first kappa shape index (κ1) is 17.0. The van der Waals surface area contributed by atoms with Crippen molar-refractivity contribution in [2.24, 2.45) is 0 Å². The quantitative estimate of drug-likeness (QED) is 0.631. The summed E-state index contributed by atoms with van der Waals surface area (Å²) in [5.41, 5.74) is 0.816. The van der Waals surface area contributed by atoms with Gasteiger partial charge in [-0.2, -0.15) is 0 Å². The third kappa shape index (κ3) is 4.56. The van der Waals surface area contributed by atoms with Crippen molar-refractivity contribution < 1.29 is 19.1 Å². The largest absolute Gasteiger partial charge is 0.493 e. The number of amides is 1. The molecule has 0 fully saturated rings. The van der Waals surface area contributed by atoms with E-state index in [9.17, 15) is 9.59 Å². The van der Waals surface area contributed by atoms with Crippen LogP contribution in [0.25, 0.3) is 0 Å². The van der Waals surface area contributed by atoms with Crippen molar-refractivity contribution in [3.05, 3.63) is 52.5 Å². The standard InChI is InChI=1S/C17H16BrNO4/c1-3-22-15-9-8-12(10-13(15)18)17(21)23-16-7-5-4-6-14(16)19-11(2)20/h4-10H,3H2,1-2H3,(H,19,20). The van der Waals surface area contributed by atoms with Crippen LogP contribution in [-0.4, -0.2) is 18.5 Å². The van der Waals surface area contributed by atoms with Gasteiger partial charge in [-0.1, -0.05) is 12.1 Å². The number of hydrogen-bond donors (Lipinski definition) is 1. The van der Waals surface area contributed by atoms with Crippen LogP contribution >= 0.6 is 15.9 Å². The predicted molar refractivity (Wildman–Crippen MR) is 91.0 cm³/mol. The smallest absolute Gasteiger partial charge is 0.343 e. The van der Waals surface area contributed by atoms with E-state index < -0.39 is 5.97 Å². The van der Waals surface area contributed by atoms with E-state index in [0.29, 0.717) is 28.1 Å². The molecule has 6 heteroatoms. The maximum atomic E-state index is 12.3. The van der Waals surface area contributed by atoms with Crippen molar-refractivity contribution in [1.82, 2.24) is 0 Å². The molecule has 0 heterocycles. The fourth-order valence-corrected chi connectivity index (χ4v) is 2.40. The van der Waals surface area contributed by atoms with Crippen LogP contribution in [0, 0.1) is 0 Å². The average molecular weight is 378 g/mol. The Hall–Kier alpha value is -2.34. The molecule has 2 aromatic rings. The number of para-hydroxylation sites is 2. The van der Waals surface area contributed by atoms with E-state index in [4.69, 9.17) is 9.47 Å². The zero-order valence-electron chi connectivity index (χ0n) is 12.8. The monoisotopic (exact) mass is 377 g/mol. The maximum Gasteiger partial charge on any atom is 0.343 e. The fraction of sp³-hybridized carbons (Fsp3) is 0.176. The van der Waals surface area contributed by atoms with E-state index in [0.717, 1.165) is 0 Å². The molecule has 0 spiro atoms. The van der Waals surface area contributed by atoms with Crippen molar-refractivity contribution >= 4 is 33.5 Å². The summed E-state index contributed by atoms with van der Waals surface area (Å²) in [6.07, 6.45) is 0. The molecule has 0 unspecified atom stereocenters. The van der Waals surface area contributed by atoms with Crippen LogP contribution in [0.4, 0.5) is 5.69 Å². The van der Waals surface area contributed by atoms with Gasteiger partial charge < -0.3 is 14.8 Å². The van der Waals surface area contributed by atoms with Crippen LogP contribution in [0.1, 0.15) is 24.2 Å². The van der Waals surface area contributed by atoms with E-state index in [-0.39, 0.29) is 11.7 Å². The molecule has 0 saturated heterocycles. The summed E-state index contributed by atoms with van der Waals surface area (Å²) in [5.74, 6) is 0.185. The summed E-state index contributed by atoms with van der Waals surface area (Å²) in [7, 11) is 0. The lowest BCUT2D eigenvalue weighted by molar-refractivity contribution is -0.114. The van der Waals surface area contributed by atoms with E-state index in [2.05, 4.69) is 21.2 Å². The number of carbonyl (C=O) groups excluding carboxylic acids is 2. The number of esters is 1. The van der Waals surface area contributed by atoms with Gasteiger partial charge in [-0.05, 0) is 53.2 Å². The van der Waals surface area contributed by atoms with Gasteiger partial charge in [-0.25, -0.2) is 4.79 Å². The van der Waals surface area contributed by atoms with Crippen LogP contribution in [0.15, 0.2) is 46.9 Å². The zero-order valence-corrected chi connectivity index (χ0v) is 14.3. The molecule has 1 N–H and O–H groups in total. The van der Waals surface area contributed by atoms with Gasteiger partial charge in [0.25, 0.3) is 0 Å². The lowest BCUT2D eigenvalue weighted by Crippen LogP contribution is -2.12. The number of ether oxygens (including phenoxy) is 2. The minimum absolute atomic E-state index is 0.239. The van der Waals surface area contributed by atoms with E-state index in [1.807, 2.05) is 6.92 Å². The highest BCUT2D eigenvalue weighted by molar-refractivity contribution is 9.10. The van der Waals surface area contributed by atoms with E-state index in [1.54, 1.807) is 42.5 Å². The Morgan fingerprint density at radius 2 is 1.87 bits per heavy atom. The lowest BCUT2D eigenvalue weighted by atomic mass is 10.2. The van der Waals surface area contributed by atoms with Crippen LogP contribution in [-0.2, 0) is 4.79 Å². The lowest BCUT2D eigenvalue weighted by Gasteiger charge is -2.11. The highest BCUT2D eigenvalue weighted by Gasteiger charge is 2.14. The number of anilines is 1. The van der Waals surface area contributed by atoms with Crippen LogP contribution in [0.3, 0.4) is 0 Å². The molecule has 0 aromatic heterocycles. The fourth-order valence-electron chi connectivity index (χ4n) is 1.91. The van der Waals surface area contributed by atoms with E-state index >= 15 is 0 Å². The first-order valence-corrected chi connectivity index (χ1v) is 7.81. The summed E-state index contributed by atoms with van der Waals surface area (Å²) in [4.78, 5) is 23.5. The molecule has 0 atom stereocenters. The minimum atomic E-state index is -0.522. The number of carbonyl (C=O) groups is 2. The summed E-state index contributed by atoms with van der Waals surface area (Å²) >= 11 is 3.36. The van der Waals surface area contributed by atoms with Crippen molar-refractivity contribution in [1.29, 1.82) is 0 Å². The number of hydrogen-bond acceptors (Lipinski definition) is 4. The van der Waals surface area contributed by atoms with Gasteiger partial charge in [0.15, 0.2) is 5.75 Å². The highest BCUT2D eigenvalue weighted by atomic mass is 79.9. The average Bonchev–Trinajstić information content (AvgIpc) is 2.51. The molecule has 0 bridgehead atoms. The van der Waals surface area contributed by atoms with Crippen molar-refractivity contribution in [3.63, 3.8) is 0 Å². The SMILES string of the molecule is CCOc1ccc(C(=O)Oc2ccccc2NC(C)=O)cc1Br. The minimum Gasteiger partial charge on any atom is -0.493 e. The Kier molecular flexibility index (Phi) is 5.76. The second kappa shape index (κ2) is 7.78. The number of nitrogens with one attached hydrogen (secondary N) is 1. The third-order valence-electron chi connectivity index (χ3n) is 2.87. The van der Waals surface area contributed by atoms with Crippen LogP contribution < -0.4 is 14.8 Å². The summed E-state index contributed by atoms with van der Waals surface area (Å²) < 4.78 is 11.4. The summed E-state index contributed by atoms with van der Waals surface area (Å²) in [6.45, 7) is 3.81. The molecule has 5 nitrogen and oxygen atoms in total. The summed E-state index contributed by atoms with van der Waals surface area (Å²) in [5, 5.41) is 2.62. The summed E-state index contributed by atoms with van der Waals surface area (Å²) in [6, 6.07) is 11.7. The second-order valence-electron chi connectivity index (χ2n) is 4.65. The van der Waals surface area contributed by atoms with Crippen molar-refractivity contribution in [2.75, 3.05) is 11.9 Å². The molecule has 120 valence electrons. The molecule has 0 saturated carbocycles. The molecular formula is C17H16BrNO4. The normalized spacial score (nSPS) is 10.0. The molecule has 2 rings (SSSR count). The predicted octanol–water partition coefficient (Wildman–Crippen LogP) is 4.03. The highest BCUT2D eigenvalue weighted by Crippen LogP contribution is 2.28. The molecule has 0 aliphatic rings. The van der Waals surface area contributed by atoms with Gasteiger partial charge in [0, 0.05) is 6.92 Å². The van der Waals surface area contributed by atoms with Crippen LogP contribution in [0.2, 0.25) is 0 Å². The van der Waals surface area contributed by atoms with Gasteiger partial charge in [0.05, 0.1) is 22.3 Å². The molecule has 1 amide bonds. The van der Waals surface area contributed by atoms with Crippen LogP contribution in [0.5, 0.6) is 11.5 Å². The number of benzene rings is 2. The first-order valence-electron chi connectivity index (χ1n) is 7.02. The van der Waals surface area contributed by atoms with E-state index in [1.165, 1.54) is 6.92 Å². The Labute approximate surface area is 142 Å². The van der Waals surface area contributed by atoms with Gasteiger partial charge in [-0.15, -0.1) is 0 Å². The second-order valence-corrected chi connectivity index (χ2v) is 5.50. The van der Waals surface area contributed by atoms with Gasteiger partial charge in [0.1, 0.15) is 5.75 Å². The topological polar surface area (TPSA) is 64.6 Å². The Morgan fingerprint density at radius 1 is 1.13 bits per heavy atom. The maximum absolute atomic E-state index is 12.3. The van der Waals surface area contributed by atoms with Crippen molar-refractivity contribution in [2.45, 2.75) is 13.8 Å². The first-order chi connectivity index (χ1) is 11.0. The Bertz CT molecular complexity index is 730. The molecule has 0 aliphatic carbocycles. The third-order valence-corrected chi connectivity index (χ3v) is 3.49. The molecule has 0 aliphatic heterocycles. The van der Waals surface area contributed by atoms with Gasteiger partial charge in [0.2, 0.25) is 5.91 Å². The molecule has 2 aromatic carbocycles. The number of halogens is 1. The van der Waals surface area contributed by atoms with Gasteiger partial charge >= 0.3 is 5.97 Å². The van der Waals surface area contributed by atoms with Crippen molar-refractivity contribution in [3.8, 4) is 11.5 Å². The molecule has 23 heavy (non-hydrogen) atoms. The van der Waals surface area contributed by atoms with Gasteiger partial charge in [-0.3, -0.25) is 4.79 Å².